The van der Waals surface area contributed by atoms with Crippen LogP contribution in [0.25, 0.3) is 22.3 Å². The molecule has 0 spiro atoms. The summed E-state index contributed by atoms with van der Waals surface area (Å²) in [5.74, 6) is -1.43. The summed E-state index contributed by atoms with van der Waals surface area (Å²) < 4.78 is 0. The first-order valence-corrected chi connectivity index (χ1v) is 5.60. The van der Waals surface area contributed by atoms with Crippen LogP contribution >= 0.6 is 0 Å². The van der Waals surface area contributed by atoms with E-state index in [0.717, 1.165) is 5.56 Å². The van der Waals surface area contributed by atoms with Crippen LogP contribution in [0.4, 0.5) is 5.69 Å². The molecule has 0 amide bonds. The van der Waals surface area contributed by atoms with Gasteiger partial charge in [0.25, 0.3) is 0 Å². The summed E-state index contributed by atoms with van der Waals surface area (Å²) in [5, 5.41) is 9.69. The fourth-order valence-electron chi connectivity index (χ4n) is 1.96. The summed E-state index contributed by atoms with van der Waals surface area (Å²) in [6.45, 7) is 0. The minimum atomic E-state index is -1.17. The number of nitrogens with two attached hydrogens (primary N) is 1. The lowest BCUT2D eigenvalue weighted by Gasteiger charge is -2.04. The number of aromatic nitrogens is 3. The lowest BCUT2D eigenvalue weighted by Crippen LogP contribution is -2.05. The number of rotatable bonds is 2. The van der Waals surface area contributed by atoms with Gasteiger partial charge in [0, 0.05) is 11.8 Å². The van der Waals surface area contributed by atoms with Crippen molar-refractivity contribution < 1.29 is 9.90 Å². The average molecular weight is 254 g/mol. The second-order valence-electron chi connectivity index (χ2n) is 4.03. The minimum Gasteiger partial charge on any atom is -0.475 e. The van der Waals surface area contributed by atoms with Crippen LogP contribution in [0.3, 0.4) is 0 Å². The van der Waals surface area contributed by atoms with Gasteiger partial charge in [0.15, 0.2) is 0 Å². The highest BCUT2D eigenvalue weighted by atomic mass is 16.4. The molecule has 0 unspecified atom stereocenters. The van der Waals surface area contributed by atoms with Crippen LogP contribution in [-0.2, 0) is 0 Å². The molecule has 0 fully saturated rings. The minimum absolute atomic E-state index is 0.256. The van der Waals surface area contributed by atoms with Crippen molar-refractivity contribution >= 4 is 22.7 Å². The molecule has 6 heteroatoms. The average Bonchev–Trinajstić information content (AvgIpc) is 2.80. The van der Waals surface area contributed by atoms with E-state index in [1.807, 2.05) is 30.3 Å². The zero-order chi connectivity index (χ0) is 13.4. The van der Waals surface area contributed by atoms with E-state index in [9.17, 15) is 4.79 Å². The molecule has 0 aliphatic carbocycles. The highest BCUT2D eigenvalue weighted by molar-refractivity contribution is 6.01. The largest absolute Gasteiger partial charge is 0.475 e. The van der Waals surface area contributed by atoms with Gasteiger partial charge in [-0.3, -0.25) is 0 Å². The Kier molecular flexibility index (Phi) is 2.42. The Morgan fingerprint density at radius 1 is 1.21 bits per heavy atom. The molecule has 0 saturated carbocycles. The van der Waals surface area contributed by atoms with E-state index in [4.69, 9.17) is 10.8 Å². The molecule has 1 aromatic carbocycles. The molecule has 94 valence electrons. The lowest BCUT2D eigenvalue weighted by atomic mass is 10.1. The highest BCUT2D eigenvalue weighted by Gasteiger charge is 2.16. The molecule has 0 saturated heterocycles. The number of hydrogen-bond donors (Lipinski definition) is 3. The zero-order valence-corrected chi connectivity index (χ0v) is 9.79. The predicted molar refractivity (Wildman–Crippen MR) is 70.7 cm³/mol. The van der Waals surface area contributed by atoms with E-state index in [-0.39, 0.29) is 5.82 Å². The van der Waals surface area contributed by atoms with Gasteiger partial charge in [-0.05, 0) is 0 Å². The first-order valence-electron chi connectivity index (χ1n) is 5.60. The van der Waals surface area contributed by atoms with E-state index in [1.54, 1.807) is 6.20 Å². The molecule has 3 aromatic rings. The Hall–Kier alpha value is -2.89. The van der Waals surface area contributed by atoms with Gasteiger partial charge < -0.3 is 15.8 Å². The van der Waals surface area contributed by atoms with Crippen molar-refractivity contribution in [2.45, 2.75) is 0 Å². The molecule has 19 heavy (non-hydrogen) atoms. The molecule has 4 N–H and O–H groups in total. The zero-order valence-electron chi connectivity index (χ0n) is 9.79. The maximum atomic E-state index is 11.1. The number of aromatic amines is 1. The molecular weight excluding hydrogens is 244 g/mol. The third kappa shape index (κ3) is 1.79. The summed E-state index contributed by atoms with van der Waals surface area (Å²) in [4.78, 5) is 21.9. The standard InChI is InChI=1S/C13H10N4O2/c14-8-6-15-11-9(8)10(7-4-2-1-3-5-7)16-12(17-11)13(18)19/h1-6H,14H2,(H,18,19)(H,15,16,17). The van der Waals surface area contributed by atoms with Crippen LogP contribution < -0.4 is 5.73 Å². The lowest BCUT2D eigenvalue weighted by molar-refractivity contribution is 0.0684. The fourth-order valence-corrected chi connectivity index (χ4v) is 1.96. The number of carboxylic acids is 1. The van der Waals surface area contributed by atoms with Crippen molar-refractivity contribution in [2.75, 3.05) is 5.73 Å². The Balaban J connectivity index is 2.38. The maximum absolute atomic E-state index is 11.1. The van der Waals surface area contributed by atoms with Gasteiger partial charge in [-0.1, -0.05) is 30.3 Å². The van der Waals surface area contributed by atoms with Gasteiger partial charge in [-0.2, -0.15) is 0 Å². The topological polar surface area (TPSA) is 105 Å². The van der Waals surface area contributed by atoms with E-state index in [2.05, 4.69) is 15.0 Å². The number of H-pyrrole nitrogens is 1. The van der Waals surface area contributed by atoms with E-state index in [1.165, 1.54) is 0 Å². The number of anilines is 1. The van der Waals surface area contributed by atoms with Gasteiger partial charge >= 0.3 is 5.97 Å². The van der Waals surface area contributed by atoms with Gasteiger partial charge in [0.05, 0.1) is 16.8 Å². The number of hydrogen-bond acceptors (Lipinski definition) is 4. The SMILES string of the molecule is Nc1c[nH]c2nc(C(=O)O)nc(-c3ccccc3)c12. The van der Waals surface area contributed by atoms with Crippen molar-refractivity contribution in [2.24, 2.45) is 0 Å². The van der Waals surface area contributed by atoms with Crippen molar-refractivity contribution in [3.63, 3.8) is 0 Å². The molecule has 2 heterocycles. The van der Waals surface area contributed by atoms with E-state index in [0.29, 0.717) is 22.4 Å². The summed E-state index contributed by atoms with van der Waals surface area (Å²) in [7, 11) is 0. The normalized spacial score (nSPS) is 10.7. The number of nitrogen functional groups attached to an aromatic ring is 1. The summed E-state index contributed by atoms with van der Waals surface area (Å²) >= 11 is 0. The first kappa shape index (κ1) is 11.2. The molecular formula is C13H10N4O2. The molecule has 2 aromatic heterocycles. The number of nitrogens with zero attached hydrogens (tertiary/aromatic N) is 2. The van der Waals surface area contributed by atoms with Gasteiger partial charge in [-0.15, -0.1) is 0 Å². The summed E-state index contributed by atoms with van der Waals surface area (Å²) in [6, 6.07) is 9.28. The predicted octanol–water partition coefficient (Wildman–Crippen LogP) is 1.91. The number of benzene rings is 1. The van der Waals surface area contributed by atoms with Crippen LogP contribution in [0.2, 0.25) is 0 Å². The molecule has 3 rings (SSSR count). The van der Waals surface area contributed by atoms with E-state index < -0.39 is 5.97 Å². The second kappa shape index (κ2) is 4.09. The van der Waals surface area contributed by atoms with Crippen LogP contribution in [0.5, 0.6) is 0 Å². The van der Waals surface area contributed by atoms with Crippen molar-refractivity contribution in [3.8, 4) is 11.3 Å². The molecule has 0 atom stereocenters. The highest BCUT2D eigenvalue weighted by Crippen LogP contribution is 2.29. The number of carbonyl (C=O) groups is 1. The van der Waals surface area contributed by atoms with Gasteiger partial charge in [0.1, 0.15) is 5.65 Å². The number of nitrogens with one attached hydrogen (secondary N) is 1. The third-order valence-electron chi connectivity index (χ3n) is 2.80. The number of carboxylic acid groups (broad SMARTS) is 1. The van der Waals surface area contributed by atoms with Crippen LogP contribution in [0, 0.1) is 0 Å². The molecule has 6 nitrogen and oxygen atoms in total. The smallest absolute Gasteiger partial charge is 0.374 e. The number of fused-ring (bicyclic) bond motifs is 1. The second-order valence-corrected chi connectivity index (χ2v) is 4.03. The van der Waals surface area contributed by atoms with Crippen LogP contribution in [0.15, 0.2) is 36.5 Å². The van der Waals surface area contributed by atoms with Crippen molar-refractivity contribution in [3.05, 3.63) is 42.4 Å². The fraction of sp³-hybridized carbons (Fsp3) is 0. The van der Waals surface area contributed by atoms with Gasteiger partial charge in [0.2, 0.25) is 5.82 Å². The molecule has 0 bridgehead atoms. The van der Waals surface area contributed by atoms with Crippen molar-refractivity contribution in [1.82, 2.24) is 15.0 Å². The Labute approximate surface area is 107 Å². The summed E-state index contributed by atoms with van der Waals surface area (Å²) in [5.41, 5.74) is 8.10. The first-order chi connectivity index (χ1) is 9.16. The molecule has 0 radical (unpaired) electrons. The quantitative estimate of drug-likeness (QED) is 0.647. The Morgan fingerprint density at radius 2 is 1.95 bits per heavy atom. The molecule has 0 aliphatic heterocycles. The summed E-state index contributed by atoms with van der Waals surface area (Å²) in [6.07, 6.45) is 1.58. The van der Waals surface area contributed by atoms with E-state index >= 15 is 0 Å². The maximum Gasteiger partial charge on any atom is 0.374 e. The Bertz CT molecular complexity index is 765. The Morgan fingerprint density at radius 3 is 2.63 bits per heavy atom. The van der Waals surface area contributed by atoms with Crippen LogP contribution in [-0.4, -0.2) is 26.0 Å². The van der Waals surface area contributed by atoms with Gasteiger partial charge in [-0.25, -0.2) is 14.8 Å². The van der Waals surface area contributed by atoms with Crippen molar-refractivity contribution in [1.29, 1.82) is 0 Å². The third-order valence-corrected chi connectivity index (χ3v) is 2.80. The monoisotopic (exact) mass is 254 g/mol. The molecule has 0 aliphatic rings. The number of aromatic carboxylic acids is 1. The van der Waals surface area contributed by atoms with Crippen LogP contribution in [0.1, 0.15) is 10.6 Å².